The van der Waals surface area contributed by atoms with E-state index in [2.05, 4.69) is 5.32 Å². The van der Waals surface area contributed by atoms with Crippen molar-refractivity contribution in [3.8, 4) is 5.75 Å². The summed E-state index contributed by atoms with van der Waals surface area (Å²) in [4.78, 5) is 27.4. The summed E-state index contributed by atoms with van der Waals surface area (Å²) >= 11 is 6.60. The van der Waals surface area contributed by atoms with E-state index in [1.54, 1.807) is 4.90 Å². The Morgan fingerprint density at radius 3 is 2.59 bits per heavy atom. The lowest BCUT2D eigenvalue weighted by molar-refractivity contribution is -0.142. The Labute approximate surface area is 236 Å². The summed E-state index contributed by atoms with van der Waals surface area (Å²) in [5, 5.41) is 15.1. The predicted octanol–water partition coefficient (Wildman–Crippen LogP) is 6.21. The number of nitrogens with one attached hydrogen (secondary N) is 1. The first-order valence-corrected chi connectivity index (χ1v) is 14.4. The fourth-order valence-electron chi connectivity index (χ4n) is 5.62. The van der Waals surface area contributed by atoms with Crippen LogP contribution in [0.15, 0.2) is 48.5 Å². The number of halogens is 1. The third-order valence-electron chi connectivity index (χ3n) is 7.54. The maximum atomic E-state index is 13.4. The molecule has 3 unspecified atom stereocenters. The van der Waals surface area contributed by atoms with Crippen molar-refractivity contribution in [1.29, 1.82) is 0 Å². The van der Waals surface area contributed by atoms with Crippen molar-refractivity contribution >= 4 is 23.6 Å². The molecule has 4 rings (SSSR count). The summed E-state index contributed by atoms with van der Waals surface area (Å²) in [5.41, 5.74) is 0.414. The van der Waals surface area contributed by atoms with Gasteiger partial charge < -0.3 is 24.8 Å². The standard InChI is InChI=1S/C31H41ClN2O5/c1-30(2,3)33-29(36)39-24-12-9-17-34(20-24)28(35)19-31(37)16-8-7-13-25(31)23-14-15-27(26(32)18-23)38-21-22-10-5-4-6-11-22/h4-6,10-11,14-15,18,24-25,37H,7-9,12-13,16-17,19-21H2,1-3H3,(H,33,36). The number of benzene rings is 2. The van der Waals surface area contributed by atoms with Gasteiger partial charge in [0.1, 0.15) is 18.5 Å². The van der Waals surface area contributed by atoms with Gasteiger partial charge in [0.15, 0.2) is 0 Å². The van der Waals surface area contributed by atoms with Crippen molar-refractivity contribution in [3.05, 3.63) is 64.7 Å². The van der Waals surface area contributed by atoms with Crippen LogP contribution in [0.25, 0.3) is 0 Å². The summed E-state index contributed by atoms with van der Waals surface area (Å²) in [6.07, 6.45) is 3.84. The fraction of sp³-hybridized carbons (Fsp3) is 0.548. The number of nitrogens with zero attached hydrogens (tertiary/aromatic N) is 1. The van der Waals surface area contributed by atoms with Crippen molar-refractivity contribution in [1.82, 2.24) is 10.2 Å². The van der Waals surface area contributed by atoms with Gasteiger partial charge in [-0.05, 0) is 69.7 Å². The SMILES string of the molecule is CC(C)(C)NC(=O)OC1CCCN(C(=O)CC2(O)CCCCC2c2ccc(OCc3ccccc3)c(Cl)c2)C1. The van der Waals surface area contributed by atoms with E-state index < -0.39 is 17.2 Å². The van der Waals surface area contributed by atoms with Crippen LogP contribution >= 0.6 is 11.6 Å². The highest BCUT2D eigenvalue weighted by Crippen LogP contribution is 2.45. The van der Waals surface area contributed by atoms with Gasteiger partial charge in [0.2, 0.25) is 5.91 Å². The Bertz CT molecular complexity index is 1140. The number of aliphatic hydroxyl groups is 1. The van der Waals surface area contributed by atoms with Crippen molar-refractivity contribution < 1.29 is 24.2 Å². The molecule has 2 aromatic carbocycles. The van der Waals surface area contributed by atoms with Gasteiger partial charge in [-0.25, -0.2) is 4.79 Å². The van der Waals surface area contributed by atoms with Crippen LogP contribution in [0, 0.1) is 0 Å². The van der Waals surface area contributed by atoms with E-state index in [4.69, 9.17) is 21.1 Å². The number of hydrogen-bond acceptors (Lipinski definition) is 5. The zero-order valence-electron chi connectivity index (χ0n) is 23.2. The van der Waals surface area contributed by atoms with Crippen molar-refractivity contribution in [2.45, 2.75) is 95.5 Å². The smallest absolute Gasteiger partial charge is 0.407 e. The minimum atomic E-state index is -1.16. The second-order valence-corrected chi connectivity index (χ2v) is 12.3. The predicted molar refractivity (Wildman–Crippen MR) is 152 cm³/mol. The van der Waals surface area contributed by atoms with E-state index in [-0.39, 0.29) is 24.3 Å². The fourth-order valence-corrected chi connectivity index (χ4v) is 5.86. The monoisotopic (exact) mass is 556 g/mol. The van der Waals surface area contributed by atoms with Crippen LogP contribution in [0.5, 0.6) is 5.75 Å². The lowest BCUT2D eigenvalue weighted by Gasteiger charge is -2.42. The van der Waals surface area contributed by atoms with Crippen LogP contribution < -0.4 is 10.1 Å². The molecule has 2 amide bonds. The Hall–Kier alpha value is -2.77. The van der Waals surface area contributed by atoms with E-state index in [0.717, 1.165) is 36.8 Å². The summed E-state index contributed by atoms with van der Waals surface area (Å²) in [6, 6.07) is 15.6. The lowest BCUT2D eigenvalue weighted by atomic mass is 9.70. The molecule has 39 heavy (non-hydrogen) atoms. The van der Waals surface area contributed by atoms with Crippen LogP contribution in [-0.4, -0.2) is 52.3 Å². The normalized spacial score (nSPS) is 23.7. The third kappa shape index (κ3) is 8.12. The first kappa shape index (κ1) is 29.2. The van der Waals surface area contributed by atoms with E-state index >= 15 is 0 Å². The summed E-state index contributed by atoms with van der Waals surface area (Å²) in [7, 11) is 0. The second kappa shape index (κ2) is 12.6. The van der Waals surface area contributed by atoms with Gasteiger partial charge in [-0.2, -0.15) is 0 Å². The zero-order chi connectivity index (χ0) is 28.0. The highest BCUT2D eigenvalue weighted by atomic mass is 35.5. The number of amides is 2. The molecule has 212 valence electrons. The van der Waals surface area contributed by atoms with Crippen LogP contribution in [0.1, 0.15) is 82.8 Å². The summed E-state index contributed by atoms with van der Waals surface area (Å²) < 4.78 is 11.5. The van der Waals surface area contributed by atoms with Gasteiger partial charge in [0, 0.05) is 18.0 Å². The molecule has 1 heterocycles. The molecule has 2 aliphatic rings. The van der Waals surface area contributed by atoms with Gasteiger partial charge in [0.25, 0.3) is 0 Å². The van der Waals surface area contributed by atoms with Crippen LogP contribution in [0.4, 0.5) is 4.79 Å². The van der Waals surface area contributed by atoms with Crippen molar-refractivity contribution in [2.75, 3.05) is 13.1 Å². The largest absolute Gasteiger partial charge is 0.487 e. The van der Waals surface area contributed by atoms with Gasteiger partial charge in [-0.15, -0.1) is 0 Å². The molecule has 0 bridgehead atoms. The number of likely N-dealkylation sites (tertiary alicyclic amines) is 1. The number of rotatable bonds is 7. The van der Waals surface area contributed by atoms with Crippen LogP contribution in [0.2, 0.25) is 5.02 Å². The molecule has 2 aromatic rings. The van der Waals surface area contributed by atoms with Gasteiger partial charge in [-0.3, -0.25) is 4.79 Å². The number of carbonyl (C=O) groups excluding carboxylic acids is 2. The second-order valence-electron chi connectivity index (χ2n) is 11.9. The highest BCUT2D eigenvalue weighted by Gasteiger charge is 2.43. The molecule has 0 radical (unpaired) electrons. The topological polar surface area (TPSA) is 88.1 Å². The quantitative estimate of drug-likeness (QED) is 0.423. The summed E-state index contributed by atoms with van der Waals surface area (Å²) in [6.45, 7) is 7.04. The van der Waals surface area contributed by atoms with E-state index in [1.807, 2.05) is 69.3 Å². The highest BCUT2D eigenvalue weighted by molar-refractivity contribution is 6.32. The molecule has 1 saturated heterocycles. The Morgan fingerprint density at radius 2 is 1.87 bits per heavy atom. The summed E-state index contributed by atoms with van der Waals surface area (Å²) in [5.74, 6) is 0.280. The molecule has 8 heteroatoms. The minimum Gasteiger partial charge on any atom is -0.487 e. The number of hydrogen-bond donors (Lipinski definition) is 2. The maximum Gasteiger partial charge on any atom is 0.407 e. The Balaban J connectivity index is 1.39. The van der Waals surface area contributed by atoms with Gasteiger partial charge >= 0.3 is 6.09 Å². The number of ether oxygens (including phenoxy) is 2. The molecule has 7 nitrogen and oxygen atoms in total. The molecule has 0 aromatic heterocycles. The third-order valence-corrected chi connectivity index (χ3v) is 7.83. The lowest BCUT2D eigenvalue weighted by Crippen LogP contribution is -2.50. The minimum absolute atomic E-state index is 0.0302. The molecule has 0 spiro atoms. The van der Waals surface area contributed by atoms with E-state index in [9.17, 15) is 14.7 Å². The van der Waals surface area contributed by atoms with Gasteiger partial charge in [0.05, 0.1) is 23.6 Å². The first-order chi connectivity index (χ1) is 18.5. The molecule has 1 aliphatic heterocycles. The molecule has 1 saturated carbocycles. The molecular weight excluding hydrogens is 516 g/mol. The molecule has 3 atom stereocenters. The zero-order valence-corrected chi connectivity index (χ0v) is 24.0. The molecule has 1 aliphatic carbocycles. The van der Waals surface area contributed by atoms with Crippen molar-refractivity contribution in [2.24, 2.45) is 0 Å². The Morgan fingerprint density at radius 1 is 1.10 bits per heavy atom. The van der Waals surface area contributed by atoms with E-state index in [0.29, 0.717) is 43.3 Å². The van der Waals surface area contributed by atoms with Crippen molar-refractivity contribution in [3.63, 3.8) is 0 Å². The number of piperidine rings is 1. The number of carbonyl (C=O) groups is 2. The van der Waals surface area contributed by atoms with E-state index in [1.165, 1.54) is 0 Å². The average molecular weight is 557 g/mol. The van der Waals surface area contributed by atoms with Gasteiger partial charge in [-0.1, -0.05) is 60.8 Å². The molecule has 2 N–H and O–H groups in total. The Kier molecular flexibility index (Phi) is 9.44. The molecule has 2 fully saturated rings. The maximum absolute atomic E-state index is 13.4. The van der Waals surface area contributed by atoms with Crippen LogP contribution in [0.3, 0.4) is 0 Å². The average Bonchev–Trinajstić information content (AvgIpc) is 2.87. The van der Waals surface area contributed by atoms with Crippen LogP contribution in [-0.2, 0) is 16.1 Å². The number of alkyl carbamates (subject to hydrolysis) is 1. The molecular formula is C31H41ClN2O5. The first-order valence-electron chi connectivity index (χ1n) is 14.0.